The first kappa shape index (κ1) is 15.7. The number of aliphatic hydroxyl groups is 1. The van der Waals surface area contributed by atoms with E-state index in [2.05, 4.69) is 19.2 Å². The fraction of sp³-hybridized carbons (Fsp3) is 0.533. The smallest absolute Gasteiger partial charge is 0.224 e. The highest BCUT2D eigenvalue weighted by atomic mass is 16.3. The number of nitrogens with one attached hydrogen (secondary N) is 1. The Morgan fingerprint density at radius 3 is 2.74 bits per heavy atom. The number of hydrogen-bond acceptors (Lipinski definition) is 3. The standard InChI is InChI=1S/C15H24N2O2/c1-11(2)6-13(9-16)8-15(19)17-14-5-3-4-12(7-14)10-18/h3-5,7,11,13,18H,6,8-10,16H2,1-2H3,(H,17,19). The molecule has 0 fully saturated rings. The van der Waals surface area contributed by atoms with Gasteiger partial charge in [-0.15, -0.1) is 0 Å². The minimum Gasteiger partial charge on any atom is -0.392 e. The van der Waals surface area contributed by atoms with Crippen molar-refractivity contribution in [2.45, 2.75) is 33.3 Å². The van der Waals surface area contributed by atoms with Gasteiger partial charge in [0, 0.05) is 12.1 Å². The van der Waals surface area contributed by atoms with Crippen molar-refractivity contribution < 1.29 is 9.90 Å². The average molecular weight is 264 g/mol. The van der Waals surface area contributed by atoms with Gasteiger partial charge in [-0.05, 0) is 42.5 Å². The van der Waals surface area contributed by atoms with Gasteiger partial charge in [-0.3, -0.25) is 4.79 Å². The number of carbonyl (C=O) groups excluding carboxylic acids is 1. The van der Waals surface area contributed by atoms with E-state index in [-0.39, 0.29) is 18.4 Å². The van der Waals surface area contributed by atoms with E-state index in [9.17, 15) is 4.79 Å². The lowest BCUT2D eigenvalue weighted by molar-refractivity contribution is -0.117. The average Bonchev–Trinajstić information content (AvgIpc) is 2.37. The molecule has 1 rings (SSSR count). The van der Waals surface area contributed by atoms with Crippen molar-refractivity contribution in [1.29, 1.82) is 0 Å². The maximum absolute atomic E-state index is 11.9. The summed E-state index contributed by atoms with van der Waals surface area (Å²) < 4.78 is 0. The van der Waals surface area contributed by atoms with Gasteiger partial charge in [0.2, 0.25) is 5.91 Å². The Bertz CT molecular complexity index is 405. The SMILES string of the molecule is CC(C)CC(CN)CC(=O)Nc1cccc(CO)c1. The molecule has 0 aromatic heterocycles. The van der Waals surface area contributed by atoms with E-state index in [0.717, 1.165) is 17.7 Å². The summed E-state index contributed by atoms with van der Waals surface area (Å²) in [6.45, 7) is 4.77. The van der Waals surface area contributed by atoms with Gasteiger partial charge in [-0.2, -0.15) is 0 Å². The zero-order valence-electron chi connectivity index (χ0n) is 11.7. The number of rotatable bonds is 7. The fourth-order valence-electron chi connectivity index (χ4n) is 2.15. The molecule has 1 aromatic carbocycles. The Labute approximate surface area is 115 Å². The van der Waals surface area contributed by atoms with Gasteiger partial charge in [-0.1, -0.05) is 26.0 Å². The highest BCUT2D eigenvalue weighted by Crippen LogP contribution is 2.16. The van der Waals surface area contributed by atoms with Crippen molar-refractivity contribution >= 4 is 11.6 Å². The van der Waals surface area contributed by atoms with Crippen LogP contribution in [0.1, 0.15) is 32.3 Å². The topological polar surface area (TPSA) is 75.4 Å². The maximum atomic E-state index is 11.9. The van der Waals surface area contributed by atoms with Gasteiger partial charge >= 0.3 is 0 Å². The summed E-state index contributed by atoms with van der Waals surface area (Å²) in [7, 11) is 0. The van der Waals surface area contributed by atoms with E-state index in [4.69, 9.17) is 10.8 Å². The molecule has 0 spiro atoms. The van der Waals surface area contributed by atoms with Crippen molar-refractivity contribution in [3.8, 4) is 0 Å². The van der Waals surface area contributed by atoms with Crippen LogP contribution < -0.4 is 11.1 Å². The van der Waals surface area contributed by atoms with Gasteiger partial charge in [-0.25, -0.2) is 0 Å². The van der Waals surface area contributed by atoms with Crippen molar-refractivity contribution in [2.24, 2.45) is 17.6 Å². The van der Waals surface area contributed by atoms with Gasteiger partial charge in [0.1, 0.15) is 0 Å². The maximum Gasteiger partial charge on any atom is 0.224 e. The summed E-state index contributed by atoms with van der Waals surface area (Å²) in [5.74, 6) is 0.742. The monoisotopic (exact) mass is 264 g/mol. The highest BCUT2D eigenvalue weighted by Gasteiger charge is 2.14. The van der Waals surface area contributed by atoms with E-state index in [1.165, 1.54) is 0 Å². The van der Waals surface area contributed by atoms with Crippen molar-refractivity contribution in [3.05, 3.63) is 29.8 Å². The largest absolute Gasteiger partial charge is 0.392 e. The lowest BCUT2D eigenvalue weighted by Crippen LogP contribution is -2.23. The minimum absolute atomic E-state index is 0.0220. The lowest BCUT2D eigenvalue weighted by Gasteiger charge is -2.16. The molecule has 19 heavy (non-hydrogen) atoms. The summed E-state index contributed by atoms with van der Waals surface area (Å²) in [6, 6.07) is 7.22. The van der Waals surface area contributed by atoms with Crippen LogP contribution >= 0.6 is 0 Å². The molecule has 0 saturated carbocycles. The van der Waals surface area contributed by atoms with Crippen LogP contribution in [0.3, 0.4) is 0 Å². The molecule has 0 saturated heterocycles. The minimum atomic E-state index is -0.0253. The zero-order chi connectivity index (χ0) is 14.3. The van der Waals surface area contributed by atoms with Crippen LogP contribution in [0.5, 0.6) is 0 Å². The van der Waals surface area contributed by atoms with Crippen LogP contribution in [0.25, 0.3) is 0 Å². The summed E-state index contributed by atoms with van der Waals surface area (Å²) in [5, 5.41) is 11.9. The number of amides is 1. The van der Waals surface area contributed by atoms with Gasteiger partial charge in [0.05, 0.1) is 6.61 Å². The molecule has 0 radical (unpaired) electrons. The first-order chi connectivity index (χ1) is 9.05. The quantitative estimate of drug-likeness (QED) is 0.706. The van der Waals surface area contributed by atoms with E-state index < -0.39 is 0 Å². The first-order valence-corrected chi connectivity index (χ1v) is 6.74. The van der Waals surface area contributed by atoms with E-state index in [1.54, 1.807) is 6.07 Å². The predicted molar refractivity (Wildman–Crippen MR) is 77.6 cm³/mol. The molecule has 4 heteroatoms. The third-order valence-corrected chi connectivity index (χ3v) is 3.01. The molecular formula is C15H24N2O2. The number of carbonyl (C=O) groups is 1. The number of benzene rings is 1. The molecule has 1 unspecified atom stereocenters. The third-order valence-electron chi connectivity index (χ3n) is 3.01. The zero-order valence-corrected chi connectivity index (χ0v) is 11.7. The first-order valence-electron chi connectivity index (χ1n) is 6.74. The van der Waals surface area contributed by atoms with Gasteiger partial charge < -0.3 is 16.2 Å². The molecule has 1 amide bonds. The molecule has 0 bridgehead atoms. The fourth-order valence-corrected chi connectivity index (χ4v) is 2.15. The van der Waals surface area contributed by atoms with Crippen LogP contribution in [0.4, 0.5) is 5.69 Å². The number of anilines is 1. The highest BCUT2D eigenvalue weighted by molar-refractivity contribution is 5.90. The Kier molecular flexibility index (Phi) is 6.53. The van der Waals surface area contributed by atoms with E-state index >= 15 is 0 Å². The second-order valence-corrected chi connectivity index (χ2v) is 5.34. The molecule has 0 aliphatic carbocycles. The van der Waals surface area contributed by atoms with E-state index in [1.807, 2.05) is 18.2 Å². The Morgan fingerprint density at radius 1 is 1.42 bits per heavy atom. The summed E-state index contributed by atoms with van der Waals surface area (Å²) in [5.41, 5.74) is 7.20. The Balaban J connectivity index is 2.53. The molecule has 0 aliphatic rings. The van der Waals surface area contributed by atoms with Crippen LogP contribution in [0.15, 0.2) is 24.3 Å². The van der Waals surface area contributed by atoms with Gasteiger partial charge in [0.15, 0.2) is 0 Å². The summed E-state index contributed by atoms with van der Waals surface area (Å²) in [6.07, 6.45) is 1.40. The second kappa shape index (κ2) is 7.92. The van der Waals surface area contributed by atoms with Crippen LogP contribution in [-0.2, 0) is 11.4 Å². The van der Waals surface area contributed by atoms with Gasteiger partial charge in [0.25, 0.3) is 0 Å². The second-order valence-electron chi connectivity index (χ2n) is 5.34. The molecule has 1 atom stereocenters. The number of nitrogens with two attached hydrogens (primary N) is 1. The van der Waals surface area contributed by atoms with Crippen LogP contribution in [0, 0.1) is 11.8 Å². The van der Waals surface area contributed by atoms with Crippen LogP contribution in [-0.4, -0.2) is 17.6 Å². The van der Waals surface area contributed by atoms with Crippen molar-refractivity contribution in [3.63, 3.8) is 0 Å². The molecule has 0 aliphatic heterocycles. The molecular weight excluding hydrogens is 240 g/mol. The number of hydrogen-bond donors (Lipinski definition) is 3. The van der Waals surface area contributed by atoms with Crippen LogP contribution in [0.2, 0.25) is 0 Å². The third kappa shape index (κ3) is 5.85. The molecule has 4 nitrogen and oxygen atoms in total. The van der Waals surface area contributed by atoms with E-state index in [0.29, 0.717) is 18.9 Å². The normalized spacial score (nSPS) is 12.5. The summed E-state index contributed by atoms with van der Waals surface area (Å²) in [4.78, 5) is 11.9. The molecule has 1 aromatic rings. The lowest BCUT2D eigenvalue weighted by atomic mass is 9.94. The van der Waals surface area contributed by atoms with Crippen molar-refractivity contribution in [2.75, 3.05) is 11.9 Å². The predicted octanol–water partition coefficient (Wildman–Crippen LogP) is 2.13. The molecule has 106 valence electrons. The van der Waals surface area contributed by atoms with Crippen molar-refractivity contribution in [1.82, 2.24) is 0 Å². The number of aliphatic hydroxyl groups excluding tert-OH is 1. The molecule has 4 N–H and O–H groups in total. The summed E-state index contributed by atoms with van der Waals surface area (Å²) >= 11 is 0. The Hall–Kier alpha value is -1.39. The molecule has 0 heterocycles. The Morgan fingerprint density at radius 2 is 2.16 bits per heavy atom.